The summed E-state index contributed by atoms with van der Waals surface area (Å²) in [5, 5.41) is 0. The van der Waals surface area contributed by atoms with Crippen molar-refractivity contribution in [3.05, 3.63) is 35.4 Å². The van der Waals surface area contributed by atoms with Crippen molar-refractivity contribution in [1.82, 2.24) is 4.90 Å². The van der Waals surface area contributed by atoms with E-state index in [1.807, 2.05) is 23.1 Å². The SMILES string of the molecule is Cl.NCCC1CCCN(C(=O)C2OCCc3ccccc32)C1. The van der Waals surface area contributed by atoms with Crippen LogP contribution in [0, 0.1) is 5.92 Å². The fourth-order valence-electron chi connectivity index (χ4n) is 3.50. The molecule has 0 bridgehead atoms. The number of piperidine rings is 1. The number of benzene rings is 1. The number of hydrogen-bond acceptors (Lipinski definition) is 3. The maximum Gasteiger partial charge on any atom is 0.256 e. The van der Waals surface area contributed by atoms with E-state index in [4.69, 9.17) is 10.5 Å². The lowest BCUT2D eigenvalue weighted by Crippen LogP contribution is -2.44. The maximum atomic E-state index is 12.8. The Morgan fingerprint density at radius 3 is 3.00 bits per heavy atom. The lowest BCUT2D eigenvalue weighted by atomic mass is 9.92. The highest BCUT2D eigenvalue weighted by Gasteiger charge is 2.33. The zero-order valence-electron chi connectivity index (χ0n) is 12.9. The Bertz CT molecular complexity index is 507. The number of nitrogens with zero attached hydrogens (tertiary/aromatic N) is 1. The van der Waals surface area contributed by atoms with Crippen LogP contribution in [-0.2, 0) is 16.0 Å². The molecule has 1 aromatic carbocycles. The topological polar surface area (TPSA) is 55.6 Å². The Balaban J connectivity index is 0.00000176. The molecule has 0 aromatic heterocycles. The second-order valence-electron chi connectivity index (χ2n) is 6.07. The minimum absolute atomic E-state index is 0. The molecule has 2 aliphatic rings. The van der Waals surface area contributed by atoms with E-state index in [0.717, 1.165) is 37.9 Å². The van der Waals surface area contributed by atoms with E-state index in [2.05, 4.69) is 6.07 Å². The van der Waals surface area contributed by atoms with Crippen LogP contribution in [-0.4, -0.2) is 37.0 Å². The molecule has 5 heteroatoms. The van der Waals surface area contributed by atoms with Gasteiger partial charge in [0.15, 0.2) is 6.10 Å². The Labute approximate surface area is 138 Å². The van der Waals surface area contributed by atoms with Gasteiger partial charge in [-0.1, -0.05) is 24.3 Å². The van der Waals surface area contributed by atoms with Crippen LogP contribution in [0.3, 0.4) is 0 Å². The van der Waals surface area contributed by atoms with Crippen molar-refractivity contribution in [1.29, 1.82) is 0 Å². The summed E-state index contributed by atoms with van der Waals surface area (Å²) < 4.78 is 5.80. The molecule has 1 saturated heterocycles. The second-order valence-corrected chi connectivity index (χ2v) is 6.07. The van der Waals surface area contributed by atoms with Crippen molar-refractivity contribution in [2.24, 2.45) is 11.7 Å². The zero-order chi connectivity index (χ0) is 14.7. The Morgan fingerprint density at radius 1 is 1.36 bits per heavy atom. The Kier molecular flexibility index (Phi) is 6.24. The summed E-state index contributed by atoms with van der Waals surface area (Å²) in [5.74, 6) is 0.676. The molecule has 0 radical (unpaired) electrons. The molecular weight excluding hydrogens is 300 g/mol. The van der Waals surface area contributed by atoms with Crippen molar-refractivity contribution >= 4 is 18.3 Å². The summed E-state index contributed by atoms with van der Waals surface area (Å²) >= 11 is 0. The number of fused-ring (bicyclic) bond motifs is 1. The standard InChI is InChI=1S/C17H24N2O2.ClH/c18-9-7-13-4-3-10-19(12-13)17(20)16-15-6-2-1-5-14(15)8-11-21-16;/h1-2,5-6,13,16H,3-4,7-12,18H2;1H. The Hall–Kier alpha value is -1.10. The molecule has 22 heavy (non-hydrogen) atoms. The molecule has 1 aromatic rings. The quantitative estimate of drug-likeness (QED) is 0.928. The monoisotopic (exact) mass is 324 g/mol. The molecular formula is C17H25ClN2O2. The number of halogens is 1. The molecule has 3 rings (SSSR count). The highest BCUT2D eigenvalue weighted by Crippen LogP contribution is 2.30. The van der Waals surface area contributed by atoms with Crippen LogP contribution >= 0.6 is 12.4 Å². The van der Waals surface area contributed by atoms with Crippen LogP contribution < -0.4 is 5.73 Å². The van der Waals surface area contributed by atoms with E-state index >= 15 is 0 Å². The number of rotatable bonds is 3. The van der Waals surface area contributed by atoms with E-state index < -0.39 is 6.10 Å². The molecule has 0 spiro atoms. The van der Waals surface area contributed by atoms with Crippen LogP contribution in [0.2, 0.25) is 0 Å². The molecule has 4 nitrogen and oxygen atoms in total. The van der Waals surface area contributed by atoms with Crippen LogP contribution in [0.5, 0.6) is 0 Å². The molecule has 122 valence electrons. The van der Waals surface area contributed by atoms with Crippen LogP contribution in [0.4, 0.5) is 0 Å². The number of ether oxygens (including phenoxy) is 1. The van der Waals surface area contributed by atoms with E-state index in [-0.39, 0.29) is 18.3 Å². The summed E-state index contributed by atoms with van der Waals surface area (Å²) in [5.41, 5.74) is 7.96. The third kappa shape index (κ3) is 3.62. The molecule has 1 amide bonds. The maximum absolute atomic E-state index is 12.8. The molecule has 2 N–H and O–H groups in total. The minimum Gasteiger partial charge on any atom is -0.363 e. The van der Waals surface area contributed by atoms with Gasteiger partial charge in [0.1, 0.15) is 0 Å². The summed E-state index contributed by atoms with van der Waals surface area (Å²) in [6, 6.07) is 8.15. The fraction of sp³-hybridized carbons (Fsp3) is 0.588. The van der Waals surface area contributed by atoms with Gasteiger partial charge in [-0.2, -0.15) is 0 Å². The van der Waals surface area contributed by atoms with Gasteiger partial charge in [-0.3, -0.25) is 4.79 Å². The van der Waals surface area contributed by atoms with Crippen LogP contribution in [0.1, 0.15) is 36.5 Å². The highest BCUT2D eigenvalue weighted by molar-refractivity contribution is 5.85. The largest absolute Gasteiger partial charge is 0.363 e. The Morgan fingerprint density at radius 2 is 2.18 bits per heavy atom. The number of carbonyl (C=O) groups is 1. The summed E-state index contributed by atoms with van der Waals surface area (Å²) in [4.78, 5) is 14.8. The van der Waals surface area contributed by atoms with Gasteiger partial charge in [0.2, 0.25) is 0 Å². The average molecular weight is 325 g/mol. The van der Waals surface area contributed by atoms with Gasteiger partial charge in [0, 0.05) is 13.1 Å². The van der Waals surface area contributed by atoms with Gasteiger partial charge in [0.25, 0.3) is 5.91 Å². The number of likely N-dealkylation sites (tertiary alicyclic amines) is 1. The minimum atomic E-state index is -0.411. The lowest BCUT2D eigenvalue weighted by Gasteiger charge is -2.36. The number of nitrogens with two attached hydrogens (primary N) is 1. The van der Waals surface area contributed by atoms with Gasteiger partial charge in [-0.05, 0) is 49.3 Å². The highest BCUT2D eigenvalue weighted by atomic mass is 35.5. The van der Waals surface area contributed by atoms with Gasteiger partial charge >= 0.3 is 0 Å². The van der Waals surface area contributed by atoms with Crippen molar-refractivity contribution < 1.29 is 9.53 Å². The first-order valence-electron chi connectivity index (χ1n) is 7.98. The first-order valence-corrected chi connectivity index (χ1v) is 7.98. The average Bonchev–Trinajstić information content (AvgIpc) is 2.54. The normalized spacial score (nSPS) is 24.3. The van der Waals surface area contributed by atoms with Gasteiger partial charge < -0.3 is 15.4 Å². The van der Waals surface area contributed by atoms with Crippen molar-refractivity contribution in [2.75, 3.05) is 26.2 Å². The molecule has 2 unspecified atom stereocenters. The van der Waals surface area contributed by atoms with Crippen LogP contribution in [0.25, 0.3) is 0 Å². The number of amides is 1. The van der Waals surface area contributed by atoms with E-state index in [0.29, 0.717) is 19.1 Å². The zero-order valence-corrected chi connectivity index (χ0v) is 13.7. The van der Waals surface area contributed by atoms with Gasteiger partial charge in [-0.25, -0.2) is 0 Å². The van der Waals surface area contributed by atoms with Gasteiger partial charge in [0.05, 0.1) is 6.61 Å². The first kappa shape index (κ1) is 17.3. The number of hydrogen-bond donors (Lipinski definition) is 1. The summed E-state index contributed by atoms with van der Waals surface area (Å²) in [6.45, 7) is 3.02. The molecule has 0 aliphatic carbocycles. The van der Waals surface area contributed by atoms with E-state index in [9.17, 15) is 4.79 Å². The fourth-order valence-corrected chi connectivity index (χ4v) is 3.50. The van der Waals surface area contributed by atoms with Crippen molar-refractivity contribution in [3.63, 3.8) is 0 Å². The van der Waals surface area contributed by atoms with E-state index in [1.165, 1.54) is 12.0 Å². The predicted octanol–water partition coefficient (Wildman–Crippen LogP) is 2.31. The smallest absolute Gasteiger partial charge is 0.256 e. The molecule has 2 atom stereocenters. The molecule has 2 aliphatic heterocycles. The summed E-state index contributed by atoms with van der Waals surface area (Å²) in [6.07, 6.45) is 3.75. The van der Waals surface area contributed by atoms with Gasteiger partial charge in [-0.15, -0.1) is 12.4 Å². The first-order chi connectivity index (χ1) is 10.3. The molecule has 0 saturated carbocycles. The summed E-state index contributed by atoms with van der Waals surface area (Å²) in [7, 11) is 0. The van der Waals surface area contributed by atoms with Crippen molar-refractivity contribution in [3.8, 4) is 0 Å². The number of carbonyl (C=O) groups excluding carboxylic acids is 1. The van der Waals surface area contributed by atoms with E-state index in [1.54, 1.807) is 0 Å². The van der Waals surface area contributed by atoms with Crippen LogP contribution in [0.15, 0.2) is 24.3 Å². The third-order valence-corrected chi connectivity index (χ3v) is 4.62. The van der Waals surface area contributed by atoms with Crippen molar-refractivity contribution in [2.45, 2.75) is 31.8 Å². The lowest BCUT2D eigenvalue weighted by molar-refractivity contribution is -0.147. The molecule has 2 heterocycles. The predicted molar refractivity (Wildman–Crippen MR) is 89.1 cm³/mol. The molecule has 1 fully saturated rings. The third-order valence-electron chi connectivity index (χ3n) is 4.62. The second kappa shape index (κ2) is 7.95.